The topological polar surface area (TPSA) is 67.3 Å². The highest BCUT2D eigenvalue weighted by molar-refractivity contribution is 5.86. The van der Waals surface area contributed by atoms with Crippen LogP contribution >= 0.6 is 0 Å². The summed E-state index contributed by atoms with van der Waals surface area (Å²) < 4.78 is 4.62. The van der Waals surface area contributed by atoms with Gasteiger partial charge in [0.25, 0.3) is 0 Å². The molecule has 2 atom stereocenters. The Morgan fingerprint density at radius 2 is 2.16 bits per heavy atom. The summed E-state index contributed by atoms with van der Waals surface area (Å²) in [5.41, 5.74) is 0.251. The van der Waals surface area contributed by atoms with Crippen LogP contribution in [0.5, 0.6) is 0 Å². The number of hydrogen-bond donors (Lipinski definition) is 1. The Balaban J connectivity index is 1.73. The molecule has 3 rings (SSSR count). The summed E-state index contributed by atoms with van der Waals surface area (Å²) in [6.45, 7) is 1.95. The Kier molecular flexibility index (Phi) is 3.33. The lowest BCUT2D eigenvalue weighted by molar-refractivity contribution is 0.0592. The lowest BCUT2D eigenvalue weighted by atomic mass is 10.1. The molecule has 6 nitrogen and oxygen atoms in total. The van der Waals surface area contributed by atoms with Gasteiger partial charge in [0, 0.05) is 25.2 Å². The van der Waals surface area contributed by atoms with Crippen LogP contribution in [0.2, 0.25) is 0 Å². The second kappa shape index (κ2) is 5.13. The van der Waals surface area contributed by atoms with E-state index < -0.39 is 5.97 Å². The van der Waals surface area contributed by atoms with Crippen molar-refractivity contribution < 1.29 is 9.53 Å². The summed E-state index contributed by atoms with van der Waals surface area (Å²) >= 11 is 0. The van der Waals surface area contributed by atoms with Gasteiger partial charge in [-0.3, -0.25) is 0 Å². The van der Waals surface area contributed by atoms with Crippen LogP contribution in [0.1, 0.15) is 29.8 Å². The number of anilines is 1. The number of hydrogen-bond acceptors (Lipinski definition) is 6. The number of ether oxygens (including phenoxy) is 1. The lowest BCUT2D eigenvalue weighted by Crippen LogP contribution is -2.35. The minimum Gasteiger partial charge on any atom is -0.464 e. The third-order valence-corrected chi connectivity index (χ3v) is 3.89. The molecule has 2 aliphatic heterocycles. The third kappa shape index (κ3) is 2.53. The quantitative estimate of drug-likeness (QED) is 0.787. The minimum absolute atomic E-state index is 0.251. The predicted octanol–water partition coefficient (Wildman–Crippen LogP) is 0.594. The Morgan fingerprint density at radius 1 is 1.32 bits per heavy atom. The zero-order valence-electron chi connectivity index (χ0n) is 11.0. The van der Waals surface area contributed by atoms with Crippen LogP contribution in [0, 0.1) is 0 Å². The van der Waals surface area contributed by atoms with Crippen LogP contribution < -0.4 is 10.2 Å². The third-order valence-electron chi connectivity index (χ3n) is 3.89. The first-order valence-electron chi connectivity index (χ1n) is 6.69. The molecule has 102 valence electrons. The van der Waals surface area contributed by atoms with E-state index in [0.717, 1.165) is 25.3 Å². The molecule has 0 aliphatic carbocycles. The molecule has 2 saturated heterocycles. The summed E-state index contributed by atoms with van der Waals surface area (Å²) in [6, 6.07) is 4.72. The van der Waals surface area contributed by atoms with Gasteiger partial charge in [-0.1, -0.05) is 0 Å². The molecule has 2 unspecified atom stereocenters. The summed E-state index contributed by atoms with van der Waals surface area (Å²) in [5, 5.41) is 11.7. The maximum Gasteiger partial charge on any atom is 0.358 e. The molecule has 3 heterocycles. The predicted molar refractivity (Wildman–Crippen MR) is 70.1 cm³/mol. The van der Waals surface area contributed by atoms with Crippen LogP contribution in [-0.4, -0.2) is 48.4 Å². The van der Waals surface area contributed by atoms with E-state index in [1.807, 2.05) is 6.07 Å². The number of methoxy groups -OCH3 is 1. The van der Waals surface area contributed by atoms with Crippen molar-refractivity contribution in [3.8, 4) is 0 Å². The number of esters is 1. The smallest absolute Gasteiger partial charge is 0.358 e. The summed E-state index contributed by atoms with van der Waals surface area (Å²) in [6.07, 6.45) is 3.65. The fourth-order valence-corrected chi connectivity index (χ4v) is 2.86. The van der Waals surface area contributed by atoms with Gasteiger partial charge in [-0.05, 0) is 31.4 Å². The molecule has 0 saturated carbocycles. The van der Waals surface area contributed by atoms with Crippen molar-refractivity contribution in [1.29, 1.82) is 0 Å². The maximum atomic E-state index is 11.3. The molecule has 2 bridgehead atoms. The van der Waals surface area contributed by atoms with Crippen LogP contribution in [0.15, 0.2) is 12.1 Å². The Morgan fingerprint density at radius 3 is 2.89 bits per heavy atom. The highest BCUT2D eigenvalue weighted by Gasteiger charge is 2.29. The van der Waals surface area contributed by atoms with Crippen LogP contribution in [0.3, 0.4) is 0 Å². The molecule has 0 aromatic carbocycles. The van der Waals surface area contributed by atoms with Crippen LogP contribution in [0.4, 0.5) is 5.82 Å². The van der Waals surface area contributed by atoms with E-state index in [4.69, 9.17) is 0 Å². The standard InChI is InChI=1S/C13H18N4O2/c1-19-13(18)11-4-5-12(16-15-11)17-7-6-9-2-3-10(8-17)14-9/h4-5,9-10,14H,2-3,6-8H2,1H3. The lowest BCUT2D eigenvalue weighted by Gasteiger charge is -2.24. The van der Waals surface area contributed by atoms with Gasteiger partial charge in [0.1, 0.15) is 0 Å². The number of nitrogens with one attached hydrogen (secondary N) is 1. The van der Waals surface area contributed by atoms with Crippen molar-refractivity contribution in [2.24, 2.45) is 0 Å². The van der Waals surface area contributed by atoms with E-state index in [-0.39, 0.29) is 5.69 Å². The number of carbonyl (C=O) groups excluding carboxylic acids is 1. The van der Waals surface area contributed by atoms with Crippen molar-refractivity contribution in [3.63, 3.8) is 0 Å². The van der Waals surface area contributed by atoms with Gasteiger partial charge in [-0.25, -0.2) is 4.79 Å². The average Bonchev–Trinajstić information content (AvgIpc) is 2.78. The van der Waals surface area contributed by atoms with E-state index in [2.05, 4.69) is 25.2 Å². The highest BCUT2D eigenvalue weighted by atomic mass is 16.5. The van der Waals surface area contributed by atoms with E-state index in [9.17, 15) is 4.79 Å². The van der Waals surface area contributed by atoms with Crippen molar-refractivity contribution in [3.05, 3.63) is 17.8 Å². The first kappa shape index (κ1) is 12.3. The second-order valence-corrected chi connectivity index (χ2v) is 5.14. The van der Waals surface area contributed by atoms with Gasteiger partial charge in [0.15, 0.2) is 11.5 Å². The molecule has 2 fully saturated rings. The Labute approximate surface area is 112 Å². The number of carbonyl (C=O) groups is 1. The summed E-state index contributed by atoms with van der Waals surface area (Å²) in [4.78, 5) is 13.6. The monoisotopic (exact) mass is 262 g/mol. The van der Waals surface area contributed by atoms with Gasteiger partial charge >= 0.3 is 5.97 Å². The fourth-order valence-electron chi connectivity index (χ4n) is 2.86. The fraction of sp³-hybridized carbons (Fsp3) is 0.615. The number of rotatable bonds is 2. The molecule has 2 aliphatic rings. The molecule has 1 aromatic rings. The molecular formula is C13H18N4O2. The SMILES string of the molecule is COC(=O)c1ccc(N2CCC3CCC(C2)N3)nn1. The number of fused-ring (bicyclic) bond motifs is 2. The first-order valence-corrected chi connectivity index (χ1v) is 6.69. The normalized spacial score (nSPS) is 26.1. The molecule has 1 N–H and O–H groups in total. The maximum absolute atomic E-state index is 11.3. The van der Waals surface area contributed by atoms with Crippen molar-refractivity contribution in [2.45, 2.75) is 31.3 Å². The zero-order chi connectivity index (χ0) is 13.2. The van der Waals surface area contributed by atoms with Gasteiger partial charge in [0.2, 0.25) is 0 Å². The van der Waals surface area contributed by atoms with Gasteiger partial charge in [-0.2, -0.15) is 0 Å². The van der Waals surface area contributed by atoms with E-state index in [0.29, 0.717) is 12.1 Å². The first-order chi connectivity index (χ1) is 9.26. The number of nitrogens with zero attached hydrogens (tertiary/aromatic N) is 3. The van der Waals surface area contributed by atoms with Crippen LogP contribution in [-0.2, 0) is 4.74 Å². The van der Waals surface area contributed by atoms with Crippen LogP contribution in [0.25, 0.3) is 0 Å². The Hall–Kier alpha value is -1.69. The molecular weight excluding hydrogens is 244 g/mol. The minimum atomic E-state index is -0.448. The van der Waals surface area contributed by atoms with E-state index in [1.54, 1.807) is 6.07 Å². The molecule has 6 heteroatoms. The van der Waals surface area contributed by atoms with Gasteiger partial charge < -0.3 is 15.0 Å². The average molecular weight is 262 g/mol. The van der Waals surface area contributed by atoms with Crippen molar-refractivity contribution in [1.82, 2.24) is 15.5 Å². The van der Waals surface area contributed by atoms with Crippen molar-refractivity contribution in [2.75, 3.05) is 25.1 Å². The van der Waals surface area contributed by atoms with Gasteiger partial charge in [-0.15, -0.1) is 10.2 Å². The largest absolute Gasteiger partial charge is 0.464 e. The molecule has 0 spiro atoms. The second-order valence-electron chi connectivity index (χ2n) is 5.14. The van der Waals surface area contributed by atoms with E-state index in [1.165, 1.54) is 20.0 Å². The van der Waals surface area contributed by atoms with E-state index >= 15 is 0 Å². The van der Waals surface area contributed by atoms with Gasteiger partial charge in [0.05, 0.1) is 7.11 Å². The molecule has 0 radical (unpaired) electrons. The van der Waals surface area contributed by atoms with Crippen molar-refractivity contribution >= 4 is 11.8 Å². The highest BCUT2D eigenvalue weighted by Crippen LogP contribution is 2.23. The number of aromatic nitrogens is 2. The Bertz CT molecular complexity index is 462. The summed E-state index contributed by atoms with van der Waals surface area (Å²) in [5.74, 6) is 0.387. The summed E-state index contributed by atoms with van der Waals surface area (Å²) in [7, 11) is 1.34. The molecule has 1 aromatic heterocycles. The molecule has 19 heavy (non-hydrogen) atoms. The molecule has 0 amide bonds. The zero-order valence-corrected chi connectivity index (χ0v) is 11.0.